The highest BCUT2D eigenvalue weighted by Gasteiger charge is 2.24. The molecule has 1 saturated heterocycles. The Morgan fingerprint density at radius 2 is 1.95 bits per heavy atom. The van der Waals surface area contributed by atoms with Gasteiger partial charge in [0.2, 0.25) is 0 Å². The molecule has 7 heteroatoms. The van der Waals surface area contributed by atoms with Crippen molar-refractivity contribution >= 4 is 11.7 Å². The first-order chi connectivity index (χ1) is 10.3. The highest BCUT2D eigenvalue weighted by molar-refractivity contribution is 5.94. The number of anilines is 1. The normalized spacial score (nSPS) is 15.1. The first-order valence-electron chi connectivity index (χ1n) is 6.65. The highest BCUT2D eigenvalue weighted by Crippen LogP contribution is 2.17. The van der Waals surface area contributed by atoms with Gasteiger partial charge in [-0.15, -0.1) is 0 Å². The molecule has 21 heavy (non-hydrogen) atoms. The van der Waals surface area contributed by atoms with Crippen LogP contribution in [0.4, 0.5) is 10.2 Å². The zero-order valence-corrected chi connectivity index (χ0v) is 11.3. The Morgan fingerprint density at radius 1 is 1.14 bits per heavy atom. The van der Waals surface area contributed by atoms with Crippen LogP contribution in [0.15, 0.2) is 37.1 Å². The Balaban J connectivity index is 1.66. The molecule has 2 aromatic heterocycles. The molecule has 108 valence electrons. The fourth-order valence-electron chi connectivity index (χ4n) is 2.33. The number of carbonyl (C=O) groups excluding carboxylic acids is 1. The number of carbonyl (C=O) groups is 1. The molecule has 0 N–H and O–H groups in total. The first-order valence-corrected chi connectivity index (χ1v) is 6.65. The van der Waals surface area contributed by atoms with Gasteiger partial charge in [-0.1, -0.05) is 0 Å². The van der Waals surface area contributed by atoms with Crippen molar-refractivity contribution in [2.24, 2.45) is 0 Å². The minimum atomic E-state index is -0.440. The smallest absolute Gasteiger partial charge is 0.255 e. The lowest BCUT2D eigenvalue weighted by atomic mass is 10.2. The average molecular weight is 287 g/mol. The van der Waals surface area contributed by atoms with Crippen LogP contribution in [0.25, 0.3) is 0 Å². The van der Waals surface area contributed by atoms with Gasteiger partial charge in [-0.2, -0.15) is 0 Å². The van der Waals surface area contributed by atoms with Crippen molar-refractivity contribution in [2.75, 3.05) is 31.1 Å². The minimum Gasteiger partial charge on any atom is -0.351 e. The maximum atomic E-state index is 13.6. The van der Waals surface area contributed by atoms with E-state index in [9.17, 15) is 9.18 Å². The number of piperazine rings is 1. The Bertz CT molecular complexity index is 628. The van der Waals surface area contributed by atoms with E-state index in [0.717, 1.165) is 6.20 Å². The van der Waals surface area contributed by atoms with Crippen LogP contribution in [0, 0.1) is 5.82 Å². The third-order valence-corrected chi connectivity index (χ3v) is 3.42. The average Bonchev–Trinajstić information content (AvgIpc) is 2.56. The molecule has 6 nitrogen and oxygen atoms in total. The molecule has 1 fully saturated rings. The summed E-state index contributed by atoms with van der Waals surface area (Å²) >= 11 is 0. The second kappa shape index (κ2) is 5.82. The van der Waals surface area contributed by atoms with Gasteiger partial charge in [0.25, 0.3) is 5.91 Å². The van der Waals surface area contributed by atoms with Gasteiger partial charge in [-0.25, -0.2) is 14.4 Å². The Kier molecular flexibility index (Phi) is 3.72. The van der Waals surface area contributed by atoms with Gasteiger partial charge < -0.3 is 9.80 Å². The lowest BCUT2D eigenvalue weighted by Gasteiger charge is -2.35. The van der Waals surface area contributed by atoms with E-state index in [4.69, 9.17) is 0 Å². The summed E-state index contributed by atoms with van der Waals surface area (Å²) in [5, 5.41) is 0. The zero-order valence-electron chi connectivity index (χ0n) is 11.3. The molecular formula is C14H14FN5O. The number of hydrogen-bond acceptors (Lipinski definition) is 5. The standard InChI is InChI=1S/C14H14FN5O/c15-12-9-17-10-18-13(12)19-4-6-20(7-5-19)14(21)11-2-1-3-16-8-11/h1-3,8-10H,4-7H2. The maximum Gasteiger partial charge on any atom is 0.255 e. The predicted molar refractivity (Wildman–Crippen MR) is 74.3 cm³/mol. The molecule has 0 saturated carbocycles. The molecule has 3 heterocycles. The number of aromatic nitrogens is 3. The number of amides is 1. The summed E-state index contributed by atoms with van der Waals surface area (Å²) in [7, 11) is 0. The van der Waals surface area contributed by atoms with Gasteiger partial charge in [-0.05, 0) is 12.1 Å². The lowest BCUT2D eigenvalue weighted by molar-refractivity contribution is 0.0746. The van der Waals surface area contributed by atoms with Crippen LogP contribution < -0.4 is 4.90 Å². The van der Waals surface area contributed by atoms with Crippen LogP contribution in [0.5, 0.6) is 0 Å². The molecule has 2 aromatic rings. The van der Waals surface area contributed by atoms with Crippen LogP contribution in [0.2, 0.25) is 0 Å². The van der Waals surface area contributed by atoms with Crippen molar-refractivity contribution in [2.45, 2.75) is 0 Å². The zero-order chi connectivity index (χ0) is 14.7. The van der Waals surface area contributed by atoms with Gasteiger partial charge in [0, 0.05) is 38.6 Å². The van der Waals surface area contributed by atoms with E-state index in [1.165, 1.54) is 6.33 Å². The number of nitrogens with zero attached hydrogens (tertiary/aromatic N) is 5. The molecule has 1 aliphatic heterocycles. The van der Waals surface area contributed by atoms with Gasteiger partial charge in [0.1, 0.15) is 6.33 Å². The molecule has 0 bridgehead atoms. The van der Waals surface area contributed by atoms with E-state index in [0.29, 0.717) is 37.6 Å². The third kappa shape index (κ3) is 2.81. The number of hydrogen-bond donors (Lipinski definition) is 0. The summed E-state index contributed by atoms with van der Waals surface area (Å²) in [6.45, 7) is 2.13. The van der Waals surface area contributed by atoms with Crippen molar-refractivity contribution in [1.29, 1.82) is 0 Å². The van der Waals surface area contributed by atoms with Gasteiger partial charge in [0.05, 0.1) is 11.8 Å². The SMILES string of the molecule is O=C(c1cccnc1)N1CCN(c2ncncc2F)CC1. The summed E-state index contributed by atoms with van der Waals surface area (Å²) in [5.41, 5.74) is 0.569. The van der Waals surface area contributed by atoms with Crippen molar-refractivity contribution in [1.82, 2.24) is 19.9 Å². The van der Waals surface area contributed by atoms with Gasteiger partial charge in [-0.3, -0.25) is 9.78 Å². The summed E-state index contributed by atoms with van der Waals surface area (Å²) in [6, 6.07) is 3.48. The summed E-state index contributed by atoms with van der Waals surface area (Å²) in [5.74, 6) is -0.200. The second-order valence-electron chi connectivity index (χ2n) is 4.72. The second-order valence-corrected chi connectivity index (χ2v) is 4.72. The molecule has 0 unspecified atom stereocenters. The topological polar surface area (TPSA) is 62.2 Å². The van der Waals surface area contributed by atoms with E-state index in [-0.39, 0.29) is 5.91 Å². The number of rotatable bonds is 2. The van der Waals surface area contributed by atoms with E-state index < -0.39 is 5.82 Å². The molecule has 0 radical (unpaired) electrons. The molecular weight excluding hydrogens is 273 g/mol. The fourth-order valence-corrected chi connectivity index (χ4v) is 2.33. The molecule has 3 rings (SSSR count). The Labute approximate surface area is 121 Å². The maximum absolute atomic E-state index is 13.6. The molecule has 1 amide bonds. The largest absolute Gasteiger partial charge is 0.351 e. The van der Waals surface area contributed by atoms with Crippen LogP contribution in [0.3, 0.4) is 0 Å². The fraction of sp³-hybridized carbons (Fsp3) is 0.286. The van der Waals surface area contributed by atoms with E-state index in [1.807, 2.05) is 4.90 Å². The van der Waals surface area contributed by atoms with Crippen molar-refractivity contribution in [3.63, 3.8) is 0 Å². The monoisotopic (exact) mass is 287 g/mol. The molecule has 0 aliphatic carbocycles. The minimum absolute atomic E-state index is 0.0501. The van der Waals surface area contributed by atoms with Gasteiger partial charge in [0.15, 0.2) is 11.6 Å². The summed E-state index contributed by atoms with van der Waals surface area (Å²) in [6.07, 6.45) is 5.66. The molecule has 0 spiro atoms. The van der Waals surface area contributed by atoms with Crippen LogP contribution in [0.1, 0.15) is 10.4 Å². The summed E-state index contributed by atoms with van der Waals surface area (Å²) in [4.78, 5) is 27.4. The highest BCUT2D eigenvalue weighted by atomic mass is 19.1. The quantitative estimate of drug-likeness (QED) is 0.823. The van der Waals surface area contributed by atoms with E-state index in [2.05, 4.69) is 15.0 Å². The van der Waals surface area contributed by atoms with Crippen molar-refractivity contribution < 1.29 is 9.18 Å². The van der Waals surface area contributed by atoms with Crippen molar-refractivity contribution in [3.05, 3.63) is 48.4 Å². The van der Waals surface area contributed by atoms with E-state index in [1.54, 1.807) is 29.4 Å². The van der Waals surface area contributed by atoms with Crippen LogP contribution in [-0.4, -0.2) is 51.9 Å². The van der Waals surface area contributed by atoms with E-state index >= 15 is 0 Å². The first kappa shape index (κ1) is 13.4. The van der Waals surface area contributed by atoms with Gasteiger partial charge >= 0.3 is 0 Å². The Hall–Kier alpha value is -2.57. The number of halogens is 1. The molecule has 0 atom stereocenters. The Morgan fingerprint density at radius 3 is 2.62 bits per heavy atom. The lowest BCUT2D eigenvalue weighted by Crippen LogP contribution is -2.49. The third-order valence-electron chi connectivity index (χ3n) is 3.42. The number of pyridine rings is 1. The van der Waals surface area contributed by atoms with Crippen LogP contribution >= 0.6 is 0 Å². The molecule has 0 aromatic carbocycles. The predicted octanol–water partition coefficient (Wildman–Crippen LogP) is 0.973. The van der Waals surface area contributed by atoms with Crippen molar-refractivity contribution in [3.8, 4) is 0 Å². The summed E-state index contributed by atoms with van der Waals surface area (Å²) < 4.78 is 13.6. The van der Waals surface area contributed by atoms with Crippen LogP contribution in [-0.2, 0) is 0 Å². The molecule has 1 aliphatic rings.